The molecule has 4 heteroatoms. The lowest BCUT2D eigenvalue weighted by atomic mass is 9.94. The zero-order chi connectivity index (χ0) is 19.3. The maximum absolute atomic E-state index is 12.6. The molecule has 4 rings (SSSR count). The SMILES string of the molecule is O=C(CCCCNCCc1ccccc1)c1cc2c3c(c1)CCN3C(=O)CC2. The second-order valence-electron chi connectivity index (χ2n) is 7.80. The van der Waals surface area contributed by atoms with Crippen LogP contribution < -0.4 is 10.2 Å². The van der Waals surface area contributed by atoms with Crippen LogP contribution in [0.25, 0.3) is 0 Å². The number of rotatable bonds is 9. The van der Waals surface area contributed by atoms with Crippen molar-refractivity contribution in [2.24, 2.45) is 0 Å². The first-order valence-electron chi connectivity index (χ1n) is 10.5. The Morgan fingerprint density at radius 2 is 1.75 bits per heavy atom. The number of hydrogen-bond acceptors (Lipinski definition) is 3. The molecule has 0 aromatic heterocycles. The fourth-order valence-electron chi connectivity index (χ4n) is 4.30. The maximum Gasteiger partial charge on any atom is 0.227 e. The molecule has 0 atom stereocenters. The van der Waals surface area contributed by atoms with E-state index in [1.807, 2.05) is 23.1 Å². The van der Waals surface area contributed by atoms with E-state index < -0.39 is 0 Å². The minimum atomic E-state index is 0.227. The summed E-state index contributed by atoms with van der Waals surface area (Å²) in [5.74, 6) is 0.462. The highest BCUT2D eigenvalue weighted by Gasteiger charge is 2.31. The summed E-state index contributed by atoms with van der Waals surface area (Å²) in [6, 6.07) is 14.5. The van der Waals surface area contributed by atoms with Crippen molar-refractivity contribution in [2.75, 3.05) is 24.5 Å². The number of Topliss-reactive ketones (excluding diaryl/α,β-unsaturated/α-hetero) is 1. The summed E-state index contributed by atoms with van der Waals surface area (Å²) in [5.41, 5.74) is 5.64. The summed E-state index contributed by atoms with van der Waals surface area (Å²) in [4.78, 5) is 26.6. The molecule has 2 aromatic carbocycles. The number of ketones is 1. The topological polar surface area (TPSA) is 49.4 Å². The Morgan fingerprint density at radius 3 is 2.57 bits per heavy atom. The number of unbranched alkanes of at least 4 members (excludes halogenated alkanes) is 1. The van der Waals surface area contributed by atoms with E-state index in [4.69, 9.17) is 0 Å². The van der Waals surface area contributed by atoms with Gasteiger partial charge in [-0.1, -0.05) is 30.3 Å². The lowest BCUT2D eigenvalue weighted by Gasteiger charge is -2.25. The minimum Gasteiger partial charge on any atom is -0.316 e. The third kappa shape index (κ3) is 4.17. The molecule has 1 N–H and O–H groups in total. The molecule has 0 radical (unpaired) electrons. The number of anilines is 1. The first kappa shape index (κ1) is 18.9. The number of aryl methyl sites for hydroxylation is 1. The van der Waals surface area contributed by atoms with E-state index in [2.05, 4.69) is 29.6 Å². The van der Waals surface area contributed by atoms with Gasteiger partial charge in [0.1, 0.15) is 0 Å². The summed E-state index contributed by atoms with van der Waals surface area (Å²) < 4.78 is 0. The Balaban J connectivity index is 1.21. The molecule has 2 heterocycles. The zero-order valence-corrected chi connectivity index (χ0v) is 16.4. The fraction of sp³-hybridized carbons (Fsp3) is 0.417. The monoisotopic (exact) mass is 376 g/mol. The fourth-order valence-corrected chi connectivity index (χ4v) is 4.30. The van der Waals surface area contributed by atoms with Gasteiger partial charge < -0.3 is 10.2 Å². The number of carbonyl (C=O) groups excluding carboxylic acids is 2. The van der Waals surface area contributed by atoms with Gasteiger partial charge >= 0.3 is 0 Å². The van der Waals surface area contributed by atoms with Gasteiger partial charge in [-0.25, -0.2) is 0 Å². The third-order valence-electron chi connectivity index (χ3n) is 5.81. The van der Waals surface area contributed by atoms with Gasteiger partial charge in [0.05, 0.1) is 5.69 Å². The Labute approximate surface area is 166 Å². The van der Waals surface area contributed by atoms with E-state index in [-0.39, 0.29) is 11.7 Å². The normalized spacial score (nSPS) is 15.0. The van der Waals surface area contributed by atoms with Gasteiger partial charge in [0, 0.05) is 24.9 Å². The highest BCUT2D eigenvalue weighted by atomic mass is 16.2. The molecule has 2 aromatic rings. The van der Waals surface area contributed by atoms with Gasteiger partial charge in [-0.15, -0.1) is 0 Å². The molecule has 0 spiro atoms. The molecule has 146 valence electrons. The van der Waals surface area contributed by atoms with Gasteiger partial charge in [0.15, 0.2) is 5.78 Å². The largest absolute Gasteiger partial charge is 0.316 e. The zero-order valence-electron chi connectivity index (χ0n) is 16.4. The highest BCUT2D eigenvalue weighted by Crippen LogP contribution is 2.37. The van der Waals surface area contributed by atoms with Crippen LogP contribution >= 0.6 is 0 Å². The van der Waals surface area contributed by atoms with E-state index in [1.54, 1.807) is 0 Å². The summed E-state index contributed by atoms with van der Waals surface area (Å²) in [6.07, 6.45) is 5.77. The van der Waals surface area contributed by atoms with E-state index in [9.17, 15) is 9.59 Å². The van der Waals surface area contributed by atoms with Crippen LogP contribution in [0.2, 0.25) is 0 Å². The van der Waals surface area contributed by atoms with Crippen LogP contribution in [0.1, 0.15) is 52.7 Å². The summed E-state index contributed by atoms with van der Waals surface area (Å²) >= 11 is 0. The van der Waals surface area contributed by atoms with Gasteiger partial charge in [-0.3, -0.25) is 9.59 Å². The smallest absolute Gasteiger partial charge is 0.227 e. The predicted octanol–water partition coefficient (Wildman–Crippen LogP) is 3.71. The average molecular weight is 377 g/mol. The first-order valence-corrected chi connectivity index (χ1v) is 10.5. The average Bonchev–Trinajstić information content (AvgIpc) is 3.16. The van der Waals surface area contributed by atoms with Crippen molar-refractivity contribution >= 4 is 17.4 Å². The standard InChI is InChI=1S/C24H28N2O2/c27-22(8-4-5-13-25-14-11-18-6-2-1-3-7-18)21-16-19-9-10-23(28)26-15-12-20(17-21)24(19)26/h1-3,6-7,16-17,25H,4-5,8-15H2. The first-order chi connectivity index (χ1) is 13.7. The number of amides is 1. The van der Waals surface area contributed by atoms with Crippen molar-refractivity contribution in [3.8, 4) is 0 Å². The van der Waals surface area contributed by atoms with Gasteiger partial charge in [0.25, 0.3) is 0 Å². The van der Waals surface area contributed by atoms with Crippen LogP contribution in [0.3, 0.4) is 0 Å². The van der Waals surface area contributed by atoms with Crippen LogP contribution in [0.4, 0.5) is 5.69 Å². The molecule has 28 heavy (non-hydrogen) atoms. The molecule has 4 nitrogen and oxygen atoms in total. The molecule has 2 aliphatic heterocycles. The van der Waals surface area contributed by atoms with Crippen LogP contribution in [-0.2, 0) is 24.1 Å². The summed E-state index contributed by atoms with van der Waals surface area (Å²) in [7, 11) is 0. The molecule has 2 aliphatic rings. The molecule has 0 fully saturated rings. The van der Waals surface area contributed by atoms with Crippen molar-refractivity contribution in [3.05, 3.63) is 64.7 Å². The van der Waals surface area contributed by atoms with Crippen molar-refractivity contribution in [2.45, 2.75) is 44.9 Å². The molecule has 0 bridgehead atoms. The highest BCUT2D eigenvalue weighted by molar-refractivity contribution is 6.02. The number of benzene rings is 2. The third-order valence-corrected chi connectivity index (χ3v) is 5.81. The second kappa shape index (κ2) is 8.70. The number of hydrogen-bond donors (Lipinski definition) is 1. The molecule has 0 aliphatic carbocycles. The Kier molecular flexibility index (Phi) is 5.87. The summed E-state index contributed by atoms with van der Waals surface area (Å²) in [5, 5.41) is 3.47. The van der Waals surface area contributed by atoms with E-state index >= 15 is 0 Å². The van der Waals surface area contributed by atoms with Crippen LogP contribution in [0.5, 0.6) is 0 Å². The molecule has 0 saturated heterocycles. The number of nitrogens with zero attached hydrogens (tertiary/aromatic N) is 1. The van der Waals surface area contributed by atoms with Gasteiger partial charge in [-0.05, 0) is 74.0 Å². The van der Waals surface area contributed by atoms with Crippen molar-refractivity contribution in [1.29, 1.82) is 0 Å². The Morgan fingerprint density at radius 1 is 0.964 bits per heavy atom. The number of nitrogens with one attached hydrogen (secondary N) is 1. The van der Waals surface area contributed by atoms with Crippen LogP contribution in [0.15, 0.2) is 42.5 Å². The molecular weight excluding hydrogens is 348 g/mol. The van der Waals surface area contributed by atoms with E-state index in [1.165, 1.54) is 16.7 Å². The Bertz CT molecular complexity index is 860. The minimum absolute atomic E-state index is 0.227. The van der Waals surface area contributed by atoms with E-state index in [0.29, 0.717) is 12.8 Å². The van der Waals surface area contributed by atoms with E-state index in [0.717, 1.165) is 63.0 Å². The Hall–Kier alpha value is -2.46. The van der Waals surface area contributed by atoms with Gasteiger partial charge in [0.2, 0.25) is 5.91 Å². The lowest BCUT2D eigenvalue weighted by Crippen LogP contribution is -2.32. The number of carbonyl (C=O) groups is 2. The van der Waals surface area contributed by atoms with Crippen molar-refractivity contribution in [3.63, 3.8) is 0 Å². The van der Waals surface area contributed by atoms with Crippen molar-refractivity contribution in [1.82, 2.24) is 5.32 Å². The maximum atomic E-state index is 12.6. The van der Waals surface area contributed by atoms with Gasteiger partial charge in [-0.2, -0.15) is 0 Å². The quantitative estimate of drug-likeness (QED) is 0.536. The van der Waals surface area contributed by atoms with Crippen molar-refractivity contribution < 1.29 is 9.59 Å². The molecule has 0 unspecified atom stereocenters. The molecule has 1 amide bonds. The molecule has 0 saturated carbocycles. The molecular formula is C24H28N2O2. The van der Waals surface area contributed by atoms with Crippen LogP contribution in [0, 0.1) is 0 Å². The summed E-state index contributed by atoms with van der Waals surface area (Å²) in [6.45, 7) is 2.70. The second-order valence-corrected chi connectivity index (χ2v) is 7.80. The predicted molar refractivity (Wildman–Crippen MR) is 112 cm³/mol. The lowest BCUT2D eigenvalue weighted by molar-refractivity contribution is -0.118. The van der Waals surface area contributed by atoms with Crippen LogP contribution in [-0.4, -0.2) is 31.3 Å².